The van der Waals surface area contributed by atoms with E-state index in [9.17, 15) is 0 Å². The first-order valence-corrected chi connectivity index (χ1v) is 7.17. The molecule has 0 aromatic heterocycles. The molecule has 1 atom stereocenters. The van der Waals surface area contributed by atoms with E-state index in [2.05, 4.69) is 12.1 Å². The third kappa shape index (κ3) is 3.76. The highest BCUT2D eigenvalue weighted by Gasteiger charge is 2.10. The fourth-order valence-corrected chi connectivity index (χ4v) is 2.52. The maximum absolute atomic E-state index is 6.31. The lowest BCUT2D eigenvalue weighted by molar-refractivity contribution is 0.408. The average Bonchev–Trinajstić information content (AvgIpc) is 2.52. The molecule has 0 amide bonds. The summed E-state index contributed by atoms with van der Waals surface area (Å²) in [6.45, 7) is 2.04. The minimum absolute atomic E-state index is 0.0134. The molecule has 0 aliphatic heterocycles. The molecule has 0 aliphatic rings. The Morgan fingerprint density at radius 3 is 2.38 bits per heavy atom. The van der Waals surface area contributed by atoms with Gasteiger partial charge in [0.05, 0.1) is 14.2 Å². The Labute approximate surface area is 126 Å². The highest BCUT2D eigenvalue weighted by atomic mass is 16.5. The monoisotopic (exact) mass is 285 g/mol. The van der Waals surface area contributed by atoms with Crippen molar-refractivity contribution in [2.75, 3.05) is 14.2 Å². The average molecular weight is 285 g/mol. The topological polar surface area (TPSA) is 44.5 Å². The molecule has 0 heterocycles. The number of hydrogen-bond donors (Lipinski definition) is 1. The van der Waals surface area contributed by atoms with Crippen molar-refractivity contribution in [2.24, 2.45) is 5.73 Å². The molecule has 0 saturated carbocycles. The Balaban J connectivity index is 2.04. The van der Waals surface area contributed by atoms with E-state index in [0.29, 0.717) is 0 Å². The molecular weight excluding hydrogens is 262 g/mol. The number of benzene rings is 2. The molecule has 1 unspecified atom stereocenters. The largest absolute Gasteiger partial charge is 0.496 e. The number of aryl methyl sites for hydroxylation is 2. The van der Waals surface area contributed by atoms with E-state index in [1.807, 2.05) is 37.3 Å². The second kappa shape index (κ2) is 7.14. The molecule has 0 aliphatic carbocycles. The molecule has 112 valence electrons. The second-order valence-electron chi connectivity index (χ2n) is 5.19. The molecule has 21 heavy (non-hydrogen) atoms. The van der Waals surface area contributed by atoms with E-state index in [-0.39, 0.29) is 6.04 Å². The number of ether oxygens (including phenoxy) is 2. The van der Waals surface area contributed by atoms with Crippen molar-refractivity contribution >= 4 is 0 Å². The summed E-state index contributed by atoms with van der Waals surface area (Å²) in [5, 5.41) is 0. The molecule has 2 aromatic rings. The third-order valence-corrected chi connectivity index (χ3v) is 3.76. The van der Waals surface area contributed by atoms with Gasteiger partial charge >= 0.3 is 0 Å². The Bertz CT molecular complexity index is 596. The first-order valence-electron chi connectivity index (χ1n) is 7.17. The van der Waals surface area contributed by atoms with Crippen molar-refractivity contribution in [3.63, 3.8) is 0 Å². The quantitative estimate of drug-likeness (QED) is 0.881. The smallest absolute Gasteiger partial charge is 0.122 e. The van der Waals surface area contributed by atoms with Crippen LogP contribution in [0, 0.1) is 6.92 Å². The van der Waals surface area contributed by atoms with Gasteiger partial charge in [0, 0.05) is 6.04 Å². The molecule has 3 heteroatoms. The van der Waals surface area contributed by atoms with Crippen LogP contribution in [0.5, 0.6) is 11.5 Å². The van der Waals surface area contributed by atoms with Crippen LogP contribution in [0.3, 0.4) is 0 Å². The van der Waals surface area contributed by atoms with Gasteiger partial charge in [0.1, 0.15) is 11.5 Å². The molecule has 2 aromatic carbocycles. The van der Waals surface area contributed by atoms with Crippen LogP contribution in [-0.2, 0) is 6.42 Å². The summed E-state index contributed by atoms with van der Waals surface area (Å²) in [4.78, 5) is 0. The summed E-state index contributed by atoms with van der Waals surface area (Å²) in [7, 11) is 3.38. The van der Waals surface area contributed by atoms with Gasteiger partial charge < -0.3 is 15.2 Å². The normalized spacial score (nSPS) is 12.0. The van der Waals surface area contributed by atoms with Crippen molar-refractivity contribution in [3.05, 3.63) is 59.2 Å². The summed E-state index contributed by atoms with van der Waals surface area (Å²) in [5.41, 5.74) is 9.76. The Hall–Kier alpha value is -2.00. The van der Waals surface area contributed by atoms with Crippen LogP contribution < -0.4 is 15.2 Å². The van der Waals surface area contributed by atoms with Crippen LogP contribution in [0.2, 0.25) is 0 Å². The summed E-state index contributed by atoms with van der Waals surface area (Å²) < 4.78 is 10.7. The molecule has 2 rings (SSSR count). The predicted octanol–water partition coefficient (Wildman–Crippen LogP) is 3.64. The first-order chi connectivity index (χ1) is 10.2. The molecule has 2 N–H and O–H groups in total. The fourth-order valence-electron chi connectivity index (χ4n) is 2.52. The van der Waals surface area contributed by atoms with Gasteiger partial charge in [0.15, 0.2) is 0 Å². The van der Waals surface area contributed by atoms with E-state index in [1.165, 1.54) is 5.56 Å². The maximum atomic E-state index is 6.31. The van der Waals surface area contributed by atoms with Crippen molar-refractivity contribution < 1.29 is 9.47 Å². The lowest BCUT2D eigenvalue weighted by atomic mass is 9.98. The second-order valence-corrected chi connectivity index (χ2v) is 5.19. The summed E-state index contributed by atoms with van der Waals surface area (Å²) >= 11 is 0. The zero-order chi connectivity index (χ0) is 15.2. The van der Waals surface area contributed by atoms with Crippen LogP contribution in [0.15, 0.2) is 42.5 Å². The molecule has 0 saturated heterocycles. The maximum Gasteiger partial charge on any atom is 0.122 e. The van der Waals surface area contributed by atoms with E-state index in [0.717, 1.165) is 35.5 Å². The van der Waals surface area contributed by atoms with Gasteiger partial charge in [-0.1, -0.05) is 30.3 Å². The SMILES string of the molecule is COc1ccc(C(N)CCc2ccccc2OC)cc1C. The highest BCUT2D eigenvalue weighted by molar-refractivity contribution is 5.38. The minimum atomic E-state index is 0.0134. The Kier molecular flexibility index (Phi) is 5.23. The lowest BCUT2D eigenvalue weighted by Gasteiger charge is -2.15. The van der Waals surface area contributed by atoms with Crippen LogP contribution in [-0.4, -0.2) is 14.2 Å². The molecule has 0 bridgehead atoms. The highest BCUT2D eigenvalue weighted by Crippen LogP contribution is 2.25. The van der Waals surface area contributed by atoms with Crippen LogP contribution in [0.1, 0.15) is 29.2 Å². The Morgan fingerprint density at radius 1 is 1.00 bits per heavy atom. The van der Waals surface area contributed by atoms with Gasteiger partial charge in [-0.25, -0.2) is 0 Å². The summed E-state index contributed by atoms with van der Waals surface area (Å²) in [5.74, 6) is 1.83. The van der Waals surface area contributed by atoms with Crippen molar-refractivity contribution in [2.45, 2.75) is 25.8 Å². The zero-order valence-electron chi connectivity index (χ0n) is 12.9. The summed E-state index contributed by atoms with van der Waals surface area (Å²) in [6.07, 6.45) is 1.78. The van der Waals surface area contributed by atoms with E-state index in [4.69, 9.17) is 15.2 Å². The van der Waals surface area contributed by atoms with Crippen LogP contribution >= 0.6 is 0 Å². The predicted molar refractivity (Wildman–Crippen MR) is 86.0 cm³/mol. The van der Waals surface area contributed by atoms with Gasteiger partial charge in [-0.05, 0) is 48.6 Å². The third-order valence-electron chi connectivity index (χ3n) is 3.76. The number of para-hydroxylation sites is 1. The Morgan fingerprint density at radius 2 is 1.71 bits per heavy atom. The van der Waals surface area contributed by atoms with Gasteiger partial charge in [0.25, 0.3) is 0 Å². The lowest BCUT2D eigenvalue weighted by Crippen LogP contribution is -2.12. The molecule has 0 fully saturated rings. The standard InChI is InChI=1S/C18H23NO2/c1-13-12-15(9-11-17(13)20-2)16(19)10-8-14-6-4-5-7-18(14)21-3/h4-7,9,11-12,16H,8,10,19H2,1-3H3. The zero-order valence-corrected chi connectivity index (χ0v) is 12.9. The van der Waals surface area contributed by atoms with Crippen LogP contribution in [0.25, 0.3) is 0 Å². The van der Waals surface area contributed by atoms with Crippen molar-refractivity contribution in [3.8, 4) is 11.5 Å². The number of methoxy groups -OCH3 is 2. The van der Waals surface area contributed by atoms with E-state index >= 15 is 0 Å². The van der Waals surface area contributed by atoms with Gasteiger partial charge in [-0.2, -0.15) is 0 Å². The molecule has 0 radical (unpaired) electrons. The first kappa shape index (κ1) is 15.4. The molecular formula is C18H23NO2. The van der Waals surface area contributed by atoms with E-state index < -0.39 is 0 Å². The fraction of sp³-hybridized carbons (Fsp3) is 0.333. The van der Waals surface area contributed by atoms with Gasteiger partial charge in [-0.3, -0.25) is 0 Å². The van der Waals surface area contributed by atoms with Crippen molar-refractivity contribution in [1.29, 1.82) is 0 Å². The van der Waals surface area contributed by atoms with E-state index in [1.54, 1.807) is 14.2 Å². The molecule has 0 spiro atoms. The van der Waals surface area contributed by atoms with Crippen LogP contribution in [0.4, 0.5) is 0 Å². The van der Waals surface area contributed by atoms with Crippen molar-refractivity contribution in [1.82, 2.24) is 0 Å². The minimum Gasteiger partial charge on any atom is -0.496 e. The number of hydrogen-bond acceptors (Lipinski definition) is 3. The van der Waals surface area contributed by atoms with Gasteiger partial charge in [-0.15, -0.1) is 0 Å². The summed E-state index contributed by atoms with van der Waals surface area (Å²) in [6, 6.07) is 14.2. The number of rotatable bonds is 6. The van der Waals surface area contributed by atoms with Gasteiger partial charge in [0.2, 0.25) is 0 Å². The number of nitrogens with two attached hydrogens (primary N) is 1. The molecule has 3 nitrogen and oxygen atoms in total.